The number of carboxylic acid groups (broad SMARTS) is 1. The van der Waals surface area contributed by atoms with Gasteiger partial charge in [-0.05, 0) is 23.6 Å². The van der Waals surface area contributed by atoms with Crippen molar-refractivity contribution in [2.75, 3.05) is 0 Å². The van der Waals surface area contributed by atoms with E-state index in [0.717, 1.165) is 0 Å². The summed E-state index contributed by atoms with van der Waals surface area (Å²) >= 11 is 5.74. The van der Waals surface area contributed by atoms with Gasteiger partial charge in [-0.25, -0.2) is 0 Å². The van der Waals surface area contributed by atoms with Gasteiger partial charge in [-0.2, -0.15) is 0 Å². The average Bonchev–Trinajstić information content (AvgIpc) is 2.17. The number of benzene rings is 1. The maximum absolute atomic E-state index is 10.6. The molecule has 0 radical (unpaired) electrons. The Labute approximate surface area is 97.0 Å². The number of carbonyl (C=O) groups is 2. The van der Waals surface area contributed by atoms with Crippen LogP contribution in [0.2, 0.25) is 5.02 Å². The van der Waals surface area contributed by atoms with E-state index in [2.05, 4.69) is 11.8 Å². The zero-order chi connectivity index (χ0) is 12.1. The van der Waals surface area contributed by atoms with Gasteiger partial charge in [0.25, 0.3) is 5.91 Å². The standard InChI is InChI=1S/C11H8ClNO3/c12-9-3-1-8(6-11(15)16)7(5-9)2-4-10(13)14/h1,3,5H,6H2,(H2,13,14)(H,15,16). The number of halogens is 1. The second-order valence-corrected chi connectivity index (χ2v) is 3.42. The molecule has 0 atom stereocenters. The number of hydrogen-bond acceptors (Lipinski definition) is 2. The van der Waals surface area contributed by atoms with E-state index in [1.807, 2.05) is 0 Å². The highest BCUT2D eigenvalue weighted by molar-refractivity contribution is 6.30. The SMILES string of the molecule is NC(=O)C#Cc1cc(Cl)ccc1CC(=O)O. The Morgan fingerprint density at radius 1 is 1.44 bits per heavy atom. The van der Waals surface area contributed by atoms with Crippen molar-refractivity contribution in [3.05, 3.63) is 34.3 Å². The minimum Gasteiger partial charge on any atom is -0.481 e. The molecule has 1 rings (SSSR count). The quantitative estimate of drug-likeness (QED) is 0.747. The van der Waals surface area contributed by atoms with E-state index in [1.54, 1.807) is 12.1 Å². The van der Waals surface area contributed by atoms with E-state index in [9.17, 15) is 9.59 Å². The second kappa shape index (κ2) is 5.19. The van der Waals surface area contributed by atoms with E-state index >= 15 is 0 Å². The Morgan fingerprint density at radius 2 is 2.12 bits per heavy atom. The van der Waals surface area contributed by atoms with Gasteiger partial charge in [-0.15, -0.1) is 0 Å². The maximum atomic E-state index is 10.6. The van der Waals surface area contributed by atoms with Crippen molar-refractivity contribution >= 4 is 23.5 Å². The largest absolute Gasteiger partial charge is 0.481 e. The summed E-state index contributed by atoms with van der Waals surface area (Å²) in [5.41, 5.74) is 5.76. The lowest BCUT2D eigenvalue weighted by Crippen LogP contribution is -2.07. The van der Waals surface area contributed by atoms with Crippen molar-refractivity contribution in [3.63, 3.8) is 0 Å². The summed E-state index contributed by atoms with van der Waals surface area (Å²) in [6.07, 6.45) is -0.181. The van der Waals surface area contributed by atoms with Crippen LogP contribution in [0, 0.1) is 11.8 Å². The molecule has 4 nitrogen and oxygen atoms in total. The lowest BCUT2D eigenvalue weighted by molar-refractivity contribution is -0.136. The van der Waals surface area contributed by atoms with E-state index < -0.39 is 11.9 Å². The fraction of sp³-hybridized carbons (Fsp3) is 0.0909. The van der Waals surface area contributed by atoms with Crippen LogP contribution in [0.25, 0.3) is 0 Å². The highest BCUT2D eigenvalue weighted by Crippen LogP contribution is 2.15. The molecule has 16 heavy (non-hydrogen) atoms. The van der Waals surface area contributed by atoms with E-state index in [-0.39, 0.29) is 6.42 Å². The fourth-order valence-electron chi connectivity index (χ4n) is 1.11. The monoisotopic (exact) mass is 237 g/mol. The van der Waals surface area contributed by atoms with Crippen LogP contribution >= 0.6 is 11.6 Å². The zero-order valence-electron chi connectivity index (χ0n) is 8.16. The van der Waals surface area contributed by atoms with Crippen LogP contribution in [-0.2, 0) is 16.0 Å². The summed E-state index contributed by atoms with van der Waals surface area (Å²) in [6.45, 7) is 0. The van der Waals surface area contributed by atoms with Gasteiger partial charge in [0.05, 0.1) is 6.42 Å². The lowest BCUT2D eigenvalue weighted by atomic mass is 10.1. The summed E-state index contributed by atoms with van der Waals surface area (Å²) in [5, 5.41) is 9.08. The molecule has 0 fully saturated rings. The Hall–Kier alpha value is -1.99. The summed E-state index contributed by atoms with van der Waals surface area (Å²) < 4.78 is 0. The first-order valence-electron chi connectivity index (χ1n) is 4.30. The molecule has 0 spiro atoms. The molecule has 0 heterocycles. The molecule has 1 amide bonds. The number of rotatable bonds is 2. The Kier molecular flexibility index (Phi) is 3.92. The maximum Gasteiger partial charge on any atom is 0.307 e. The van der Waals surface area contributed by atoms with Gasteiger partial charge >= 0.3 is 5.97 Å². The second-order valence-electron chi connectivity index (χ2n) is 2.99. The third kappa shape index (κ3) is 3.64. The van der Waals surface area contributed by atoms with E-state index in [4.69, 9.17) is 22.4 Å². The van der Waals surface area contributed by atoms with Crippen molar-refractivity contribution in [1.29, 1.82) is 0 Å². The van der Waals surface area contributed by atoms with Gasteiger partial charge < -0.3 is 10.8 Å². The van der Waals surface area contributed by atoms with Crippen LogP contribution in [0.5, 0.6) is 0 Å². The zero-order valence-corrected chi connectivity index (χ0v) is 8.91. The highest BCUT2D eigenvalue weighted by Gasteiger charge is 2.05. The van der Waals surface area contributed by atoms with E-state index in [1.165, 1.54) is 6.07 Å². The third-order valence-electron chi connectivity index (χ3n) is 1.73. The fourth-order valence-corrected chi connectivity index (χ4v) is 1.28. The molecular weight excluding hydrogens is 230 g/mol. The summed E-state index contributed by atoms with van der Waals surface area (Å²) in [6, 6.07) is 4.62. The van der Waals surface area contributed by atoms with Gasteiger partial charge in [0.2, 0.25) is 0 Å². The number of aliphatic carboxylic acids is 1. The molecule has 1 aromatic rings. The number of primary amides is 1. The van der Waals surface area contributed by atoms with Crippen LogP contribution in [0.1, 0.15) is 11.1 Å². The first-order chi connectivity index (χ1) is 7.49. The molecule has 0 bridgehead atoms. The number of hydrogen-bond donors (Lipinski definition) is 2. The van der Waals surface area contributed by atoms with Crippen LogP contribution in [0.15, 0.2) is 18.2 Å². The van der Waals surface area contributed by atoms with Crippen LogP contribution in [0.4, 0.5) is 0 Å². The minimum atomic E-state index is -0.982. The van der Waals surface area contributed by atoms with Crippen molar-refractivity contribution < 1.29 is 14.7 Å². The topological polar surface area (TPSA) is 80.4 Å². The van der Waals surface area contributed by atoms with Gasteiger partial charge in [-0.3, -0.25) is 9.59 Å². The van der Waals surface area contributed by atoms with Gasteiger partial charge in [0, 0.05) is 10.6 Å². The molecule has 82 valence electrons. The highest BCUT2D eigenvalue weighted by atomic mass is 35.5. The van der Waals surface area contributed by atoms with Crippen molar-refractivity contribution in [3.8, 4) is 11.8 Å². The van der Waals surface area contributed by atoms with Crippen LogP contribution < -0.4 is 5.73 Å². The molecule has 0 aromatic heterocycles. The van der Waals surface area contributed by atoms with Gasteiger partial charge in [0.15, 0.2) is 0 Å². The molecule has 1 aromatic carbocycles. The van der Waals surface area contributed by atoms with E-state index in [0.29, 0.717) is 16.1 Å². The number of nitrogens with two attached hydrogens (primary N) is 1. The molecule has 0 saturated heterocycles. The summed E-state index contributed by atoms with van der Waals surface area (Å²) in [4.78, 5) is 21.1. The Bertz CT molecular complexity index is 500. The molecule has 0 aliphatic rings. The Morgan fingerprint density at radius 3 is 2.69 bits per heavy atom. The average molecular weight is 238 g/mol. The molecule has 0 unspecified atom stereocenters. The van der Waals surface area contributed by atoms with Gasteiger partial charge in [0.1, 0.15) is 0 Å². The third-order valence-corrected chi connectivity index (χ3v) is 1.97. The summed E-state index contributed by atoms with van der Waals surface area (Å²) in [7, 11) is 0. The molecule has 0 saturated carbocycles. The first-order valence-corrected chi connectivity index (χ1v) is 4.68. The minimum absolute atomic E-state index is 0.181. The molecular formula is C11H8ClNO3. The van der Waals surface area contributed by atoms with Crippen molar-refractivity contribution in [1.82, 2.24) is 0 Å². The molecule has 5 heteroatoms. The van der Waals surface area contributed by atoms with Crippen molar-refractivity contribution in [2.24, 2.45) is 5.73 Å². The normalized spacial score (nSPS) is 9.06. The van der Waals surface area contributed by atoms with Crippen LogP contribution in [-0.4, -0.2) is 17.0 Å². The predicted octanol–water partition coefficient (Wildman–Crippen LogP) is 0.804. The predicted molar refractivity (Wildman–Crippen MR) is 58.9 cm³/mol. The number of carboxylic acids is 1. The number of carbonyl (C=O) groups excluding carboxylic acids is 1. The molecule has 3 N–H and O–H groups in total. The van der Waals surface area contributed by atoms with Gasteiger partial charge in [-0.1, -0.05) is 23.6 Å². The summed E-state index contributed by atoms with van der Waals surface area (Å²) in [5.74, 6) is 2.87. The van der Waals surface area contributed by atoms with Crippen molar-refractivity contribution in [2.45, 2.75) is 6.42 Å². The smallest absolute Gasteiger partial charge is 0.307 e. The first kappa shape index (κ1) is 12.1. The Balaban J connectivity index is 3.14. The molecule has 0 aliphatic carbocycles. The molecule has 0 aliphatic heterocycles. The number of amides is 1. The lowest BCUT2D eigenvalue weighted by Gasteiger charge is -2.01. The van der Waals surface area contributed by atoms with Crippen LogP contribution in [0.3, 0.4) is 0 Å².